The molecule has 1 amide bonds. The van der Waals surface area contributed by atoms with Crippen molar-refractivity contribution in [1.29, 1.82) is 0 Å². The van der Waals surface area contributed by atoms with Crippen molar-refractivity contribution >= 4 is 17.3 Å². The second-order valence-electron chi connectivity index (χ2n) is 6.21. The summed E-state index contributed by atoms with van der Waals surface area (Å²) >= 11 is 0. The second kappa shape index (κ2) is 7.15. The van der Waals surface area contributed by atoms with Crippen LogP contribution in [0.4, 0.5) is 11.4 Å². The highest BCUT2D eigenvalue weighted by molar-refractivity contribution is 5.88. The molecule has 0 aliphatic carbocycles. The van der Waals surface area contributed by atoms with Gasteiger partial charge in [0, 0.05) is 30.9 Å². The van der Waals surface area contributed by atoms with Crippen molar-refractivity contribution in [3.8, 4) is 5.75 Å². The summed E-state index contributed by atoms with van der Waals surface area (Å²) in [4.78, 5) is 13.5. The van der Waals surface area contributed by atoms with Gasteiger partial charge in [0.25, 0.3) is 0 Å². The number of likely N-dealkylation sites (N-methyl/N-ethyl adjacent to an activating group) is 1. The van der Waals surface area contributed by atoms with Gasteiger partial charge in [-0.3, -0.25) is 4.79 Å². The van der Waals surface area contributed by atoms with Crippen LogP contribution < -0.4 is 20.7 Å². The maximum Gasteiger partial charge on any atom is 0.221 e. The molecular formula is C20H25N3O2. The van der Waals surface area contributed by atoms with Gasteiger partial charge in [0.05, 0.1) is 18.7 Å². The minimum Gasteiger partial charge on any atom is -0.494 e. The van der Waals surface area contributed by atoms with Crippen LogP contribution >= 0.6 is 0 Å². The highest BCUT2D eigenvalue weighted by Crippen LogP contribution is 2.47. The Labute approximate surface area is 148 Å². The summed E-state index contributed by atoms with van der Waals surface area (Å²) in [5, 5.41) is 2.80. The third kappa shape index (κ3) is 3.33. The van der Waals surface area contributed by atoms with Crippen LogP contribution in [-0.4, -0.2) is 19.1 Å². The first-order chi connectivity index (χ1) is 12.0. The number of hydrogen-bond acceptors (Lipinski definition) is 4. The minimum atomic E-state index is -0.0998. The van der Waals surface area contributed by atoms with Crippen LogP contribution in [0.25, 0.3) is 0 Å². The molecule has 2 aromatic rings. The lowest BCUT2D eigenvalue weighted by Gasteiger charge is -2.28. The molecule has 132 valence electrons. The van der Waals surface area contributed by atoms with E-state index in [1.807, 2.05) is 37.3 Å². The smallest absolute Gasteiger partial charge is 0.221 e. The van der Waals surface area contributed by atoms with Crippen LogP contribution in [0, 0.1) is 0 Å². The fourth-order valence-corrected chi connectivity index (χ4v) is 3.55. The van der Waals surface area contributed by atoms with E-state index in [0.29, 0.717) is 6.61 Å². The first-order valence-corrected chi connectivity index (χ1v) is 8.71. The van der Waals surface area contributed by atoms with Crippen molar-refractivity contribution in [3.63, 3.8) is 0 Å². The number of fused-ring (bicyclic) bond motifs is 1. The van der Waals surface area contributed by atoms with Gasteiger partial charge in [0.2, 0.25) is 5.91 Å². The number of rotatable bonds is 5. The van der Waals surface area contributed by atoms with Gasteiger partial charge in [-0.1, -0.05) is 18.2 Å². The zero-order chi connectivity index (χ0) is 18.0. The van der Waals surface area contributed by atoms with Crippen LogP contribution in [0.1, 0.15) is 44.0 Å². The number of hydrogen-bond donors (Lipinski definition) is 2. The molecular weight excluding hydrogens is 314 g/mol. The number of carbonyl (C=O) groups is 1. The SMILES string of the molecule is CCOc1ccc2c(c1)N(CC)C(c1ccc(NC(C)=O)cc1)C2N. The van der Waals surface area contributed by atoms with Gasteiger partial charge in [0.1, 0.15) is 5.75 Å². The summed E-state index contributed by atoms with van der Waals surface area (Å²) in [7, 11) is 0. The summed E-state index contributed by atoms with van der Waals surface area (Å²) in [6, 6.07) is 14.0. The highest BCUT2D eigenvalue weighted by Gasteiger charge is 2.36. The van der Waals surface area contributed by atoms with E-state index >= 15 is 0 Å². The zero-order valence-corrected chi connectivity index (χ0v) is 15.0. The standard InChI is InChI=1S/C20H25N3O2/c1-4-23-18-12-16(25-5-2)10-11-17(18)19(21)20(23)14-6-8-15(9-7-14)22-13(3)24/h6-12,19-20H,4-5,21H2,1-3H3,(H,22,24). The quantitative estimate of drug-likeness (QED) is 0.873. The summed E-state index contributed by atoms with van der Waals surface area (Å²) in [5.74, 6) is 0.796. The Morgan fingerprint density at radius 1 is 1.20 bits per heavy atom. The number of carbonyl (C=O) groups excluding carboxylic acids is 1. The molecule has 3 rings (SSSR count). The number of nitrogens with one attached hydrogen (secondary N) is 1. The number of amides is 1. The van der Waals surface area contributed by atoms with Crippen molar-refractivity contribution in [1.82, 2.24) is 0 Å². The third-order valence-corrected chi connectivity index (χ3v) is 4.57. The average molecular weight is 339 g/mol. The molecule has 3 N–H and O–H groups in total. The molecule has 0 saturated heterocycles. The van der Waals surface area contributed by atoms with Crippen molar-refractivity contribution < 1.29 is 9.53 Å². The molecule has 2 unspecified atom stereocenters. The zero-order valence-electron chi connectivity index (χ0n) is 15.0. The molecule has 2 aromatic carbocycles. The molecule has 0 bridgehead atoms. The van der Waals surface area contributed by atoms with Crippen LogP contribution in [0.3, 0.4) is 0 Å². The van der Waals surface area contributed by atoms with Crippen LogP contribution in [-0.2, 0) is 4.79 Å². The summed E-state index contributed by atoms with van der Waals surface area (Å²) in [6.07, 6.45) is 0. The number of benzene rings is 2. The number of anilines is 2. The van der Waals surface area contributed by atoms with E-state index in [0.717, 1.165) is 34.8 Å². The van der Waals surface area contributed by atoms with Gasteiger partial charge in [-0.25, -0.2) is 0 Å². The summed E-state index contributed by atoms with van der Waals surface area (Å²) in [6.45, 7) is 7.12. The third-order valence-electron chi connectivity index (χ3n) is 4.57. The largest absolute Gasteiger partial charge is 0.494 e. The highest BCUT2D eigenvalue weighted by atomic mass is 16.5. The van der Waals surface area contributed by atoms with E-state index < -0.39 is 0 Å². The molecule has 1 aliphatic rings. The van der Waals surface area contributed by atoms with E-state index in [9.17, 15) is 4.79 Å². The number of nitrogens with zero attached hydrogens (tertiary/aromatic N) is 1. The maximum atomic E-state index is 11.2. The molecule has 0 spiro atoms. The van der Waals surface area contributed by atoms with E-state index in [4.69, 9.17) is 10.5 Å². The predicted octanol–water partition coefficient (Wildman–Crippen LogP) is 3.62. The first kappa shape index (κ1) is 17.3. The Kier molecular flexibility index (Phi) is 4.95. The summed E-state index contributed by atoms with van der Waals surface area (Å²) in [5.41, 5.74) is 10.8. The molecule has 25 heavy (non-hydrogen) atoms. The van der Waals surface area contributed by atoms with Crippen LogP contribution in [0.2, 0.25) is 0 Å². The van der Waals surface area contributed by atoms with E-state index in [-0.39, 0.29) is 18.0 Å². The van der Waals surface area contributed by atoms with Crippen molar-refractivity contribution in [2.24, 2.45) is 5.73 Å². The number of nitrogens with two attached hydrogens (primary N) is 1. The molecule has 0 fully saturated rings. The Morgan fingerprint density at radius 3 is 2.52 bits per heavy atom. The second-order valence-corrected chi connectivity index (χ2v) is 6.21. The molecule has 0 aromatic heterocycles. The molecule has 1 aliphatic heterocycles. The summed E-state index contributed by atoms with van der Waals surface area (Å²) < 4.78 is 5.65. The van der Waals surface area contributed by atoms with Gasteiger partial charge < -0.3 is 20.7 Å². The number of ether oxygens (including phenoxy) is 1. The molecule has 1 heterocycles. The van der Waals surface area contributed by atoms with Gasteiger partial charge in [-0.15, -0.1) is 0 Å². The van der Waals surface area contributed by atoms with Gasteiger partial charge in [-0.2, -0.15) is 0 Å². The average Bonchev–Trinajstić information content (AvgIpc) is 2.87. The molecule has 5 nitrogen and oxygen atoms in total. The fraction of sp³-hybridized carbons (Fsp3) is 0.350. The van der Waals surface area contributed by atoms with E-state index in [2.05, 4.69) is 29.3 Å². The topological polar surface area (TPSA) is 67.6 Å². The van der Waals surface area contributed by atoms with Crippen LogP contribution in [0.5, 0.6) is 5.75 Å². The first-order valence-electron chi connectivity index (χ1n) is 8.71. The lowest BCUT2D eigenvalue weighted by atomic mass is 9.97. The monoisotopic (exact) mass is 339 g/mol. The van der Waals surface area contributed by atoms with Crippen LogP contribution in [0.15, 0.2) is 42.5 Å². The van der Waals surface area contributed by atoms with Crippen molar-refractivity contribution in [3.05, 3.63) is 53.6 Å². The lowest BCUT2D eigenvalue weighted by Crippen LogP contribution is -2.29. The lowest BCUT2D eigenvalue weighted by molar-refractivity contribution is -0.114. The van der Waals surface area contributed by atoms with E-state index in [1.165, 1.54) is 6.92 Å². The maximum absolute atomic E-state index is 11.2. The molecule has 2 atom stereocenters. The Bertz CT molecular complexity index is 758. The van der Waals surface area contributed by atoms with Gasteiger partial charge >= 0.3 is 0 Å². The Hall–Kier alpha value is -2.53. The van der Waals surface area contributed by atoms with Crippen molar-refractivity contribution in [2.75, 3.05) is 23.4 Å². The molecule has 0 radical (unpaired) electrons. The van der Waals surface area contributed by atoms with Gasteiger partial charge in [0.15, 0.2) is 0 Å². The fourth-order valence-electron chi connectivity index (χ4n) is 3.55. The Balaban J connectivity index is 1.92. The van der Waals surface area contributed by atoms with Gasteiger partial charge in [-0.05, 0) is 43.2 Å². The molecule has 5 heteroatoms. The normalized spacial score (nSPS) is 18.8. The van der Waals surface area contributed by atoms with E-state index in [1.54, 1.807) is 0 Å². The molecule has 0 saturated carbocycles. The minimum absolute atomic E-state index is 0.0725. The van der Waals surface area contributed by atoms with Crippen molar-refractivity contribution in [2.45, 2.75) is 32.9 Å². The Morgan fingerprint density at radius 2 is 1.92 bits per heavy atom. The predicted molar refractivity (Wildman–Crippen MR) is 101 cm³/mol.